The third kappa shape index (κ3) is 4.12. The Kier molecular flexibility index (Phi) is 7.49. The second-order valence-corrected chi connectivity index (χ2v) is 4.47. The molecule has 0 atom stereocenters. The van der Waals surface area contributed by atoms with Crippen molar-refractivity contribution in [1.82, 2.24) is 0 Å². The molecule has 2 aromatic rings. The lowest BCUT2D eigenvalue weighted by Gasteiger charge is -2.07. The molecule has 1 heteroatoms. The minimum atomic E-state index is 0.819. The average molecular weight is 270 g/mol. The highest BCUT2D eigenvalue weighted by molar-refractivity contribution is 5.72. The first kappa shape index (κ1) is 16.3. The van der Waals surface area contributed by atoms with Crippen LogP contribution in [0.3, 0.4) is 0 Å². The van der Waals surface area contributed by atoms with Crippen LogP contribution >= 0.6 is 0 Å². The maximum atomic E-state index is 5.68. The lowest BCUT2D eigenvalue weighted by Crippen LogP contribution is -1.88. The Morgan fingerprint density at radius 2 is 1.55 bits per heavy atom. The number of fused-ring (bicyclic) bond motifs is 1. The molecule has 0 aromatic heterocycles. The molecule has 0 unspecified atom stereocenters. The van der Waals surface area contributed by atoms with Crippen LogP contribution < -0.4 is 4.74 Å². The van der Waals surface area contributed by atoms with Crippen LogP contribution in [0.1, 0.15) is 39.7 Å². The van der Waals surface area contributed by atoms with E-state index in [-0.39, 0.29) is 0 Å². The van der Waals surface area contributed by atoms with Crippen molar-refractivity contribution in [2.24, 2.45) is 0 Å². The van der Waals surface area contributed by atoms with Crippen LogP contribution in [0.15, 0.2) is 48.5 Å². The molecule has 1 aliphatic heterocycles. The van der Waals surface area contributed by atoms with Crippen molar-refractivity contribution in [3.63, 3.8) is 0 Å². The van der Waals surface area contributed by atoms with Crippen molar-refractivity contribution in [2.45, 2.75) is 40.5 Å². The van der Waals surface area contributed by atoms with Gasteiger partial charge in [-0.15, -0.1) is 0 Å². The molecule has 0 aliphatic carbocycles. The Hall–Kier alpha value is -1.76. The van der Waals surface area contributed by atoms with Crippen molar-refractivity contribution >= 4 is 0 Å². The maximum Gasteiger partial charge on any atom is 0.130 e. The highest BCUT2D eigenvalue weighted by atomic mass is 16.5. The van der Waals surface area contributed by atoms with Crippen LogP contribution in [-0.4, -0.2) is 6.61 Å². The van der Waals surface area contributed by atoms with E-state index in [0.29, 0.717) is 0 Å². The number of para-hydroxylation sites is 1. The van der Waals surface area contributed by atoms with Crippen LogP contribution in [-0.2, 0) is 6.42 Å². The fraction of sp³-hybridized carbons (Fsp3) is 0.368. The number of rotatable bonds is 1. The molecule has 1 heterocycles. The zero-order valence-corrected chi connectivity index (χ0v) is 13.1. The second kappa shape index (κ2) is 9.19. The van der Waals surface area contributed by atoms with Gasteiger partial charge in [0.25, 0.3) is 0 Å². The van der Waals surface area contributed by atoms with E-state index in [1.807, 2.05) is 19.9 Å². The molecule has 2 aromatic carbocycles. The van der Waals surface area contributed by atoms with Gasteiger partial charge in [-0.25, -0.2) is 0 Å². The van der Waals surface area contributed by atoms with Crippen LogP contribution in [0.5, 0.6) is 5.75 Å². The number of hydrogen-bond donors (Lipinski definition) is 0. The number of hydrogen-bond acceptors (Lipinski definition) is 1. The van der Waals surface area contributed by atoms with Crippen molar-refractivity contribution < 1.29 is 4.74 Å². The zero-order valence-electron chi connectivity index (χ0n) is 13.1. The van der Waals surface area contributed by atoms with Gasteiger partial charge in [-0.05, 0) is 11.1 Å². The van der Waals surface area contributed by atoms with Gasteiger partial charge in [0.2, 0.25) is 0 Å². The van der Waals surface area contributed by atoms with Crippen molar-refractivity contribution in [1.29, 1.82) is 0 Å². The van der Waals surface area contributed by atoms with E-state index >= 15 is 0 Å². The third-order valence-electron chi connectivity index (χ3n) is 2.80. The summed E-state index contributed by atoms with van der Waals surface area (Å²) in [4.78, 5) is 0. The minimum Gasteiger partial charge on any atom is -0.492 e. The molecule has 0 radical (unpaired) electrons. The average Bonchev–Trinajstić information content (AvgIpc) is 2.99. The van der Waals surface area contributed by atoms with Gasteiger partial charge in [-0.2, -0.15) is 0 Å². The maximum absolute atomic E-state index is 5.68. The number of ether oxygens (including phenoxy) is 1. The zero-order chi connectivity index (χ0) is 14.8. The standard InChI is InChI=1S/C14H12O.C3H8.C2H6/c1-2-5-11(6-3-1)13-8-4-7-12-9-10-15-14(12)13;1-3-2;1-2/h1-8H,9-10H2;3H2,1-2H3;1-2H3. The van der Waals surface area contributed by atoms with Gasteiger partial charge in [-0.1, -0.05) is 82.6 Å². The SMILES string of the molecule is CC.CCC.c1ccc(-c2cccc3c2OCC3)cc1. The van der Waals surface area contributed by atoms with E-state index in [0.717, 1.165) is 18.8 Å². The molecule has 0 N–H and O–H groups in total. The molecule has 0 amide bonds. The molecule has 0 bridgehead atoms. The molecule has 1 nitrogen and oxygen atoms in total. The minimum absolute atomic E-state index is 0.819. The van der Waals surface area contributed by atoms with Crippen LogP contribution in [0.4, 0.5) is 0 Å². The lowest BCUT2D eigenvalue weighted by atomic mass is 10.0. The van der Waals surface area contributed by atoms with E-state index in [1.54, 1.807) is 0 Å². The normalized spacial score (nSPS) is 11.2. The summed E-state index contributed by atoms with van der Waals surface area (Å²) in [7, 11) is 0. The van der Waals surface area contributed by atoms with Crippen LogP contribution in [0.25, 0.3) is 11.1 Å². The molecule has 3 rings (SSSR count). The van der Waals surface area contributed by atoms with E-state index < -0.39 is 0 Å². The van der Waals surface area contributed by atoms with Gasteiger partial charge in [0.05, 0.1) is 6.61 Å². The highest BCUT2D eigenvalue weighted by Crippen LogP contribution is 2.36. The second-order valence-electron chi connectivity index (χ2n) is 4.47. The molecule has 108 valence electrons. The van der Waals surface area contributed by atoms with E-state index in [4.69, 9.17) is 4.74 Å². The Bertz CT molecular complexity index is 488. The van der Waals surface area contributed by atoms with Crippen molar-refractivity contribution in [2.75, 3.05) is 6.61 Å². The van der Waals surface area contributed by atoms with Gasteiger partial charge in [0.1, 0.15) is 5.75 Å². The molecule has 0 fully saturated rings. The summed E-state index contributed by atoms with van der Waals surface area (Å²) in [6, 6.07) is 16.8. The smallest absolute Gasteiger partial charge is 0.130 e. The lowest BCUT2D eigenvalue weighted by molar-refractivity contribution is 0.358. The summed E-state index contributed by atoms with van der Waals surface area (Å²) >= 11 is 0. The fourth-order valence-corrected chi connectivity index (χ4v) is 2.06. The van der Waals surface area contributed by atoms with E-state index in [2.05, 4.69) is 56.3 Å². The quantitative estimate of drug-likeness (QED) is 0.643. The van der Waals surface area contributed by atoms with Gasteiger partial charge >= 0.3 is 0 Å². The van der Waals surface area contributed by atoms with Gasteiger partial charge in [0.15, 0.2) is 0 Å². The summed E-state index contributed by atoms with van der Waals surface area (Å²) in [5.41, 5.74) is 3.78. The van der Waals surface area contributed by atoms with Gasteiger partial charge in [-0.3, -0.25) is 0 Å². The predicted octanol–water partition coefficient (Wildman–Crippen LogP) is 5.73. The van der Waals surface area contributed by atoms with E-state index in [1.165, 1.54) is 23.1 Å². The highest BCUT2D eigenvalue weighted by Gasteiger charge is 2.16. The molecule has 20 heavy (non-hydrogen) atoms. The molecule has 0 saturated carbocycles. The molecular weight excluding hydrogens is 244 g/mol. The molecular formula is C19H26O. The monoisotopic (exact) mass is 270 g/mol. The first-order valence-corrected chi connectivity index (χ1v) is 7.67. The molecule has 1 aliphatic rings. The fourth-order valence-electron chi connectivity index (χ4n) is 2.06. The van der Waals surface area contributed by atoms with Crippen LogP contribution in [0, 0.1) is 0 Å². The summed E-state index contributed by atoms with van der Waals surface area (Å²) in [5, 5.41) is 0. The van der Waals surface area contributed by atoms with Crippen molar-refractivity contribution in [3.8, 4) is 16.9 Å². The first-order valence-electron chi connectivity index (χ1n) is 7.67. The Labute approximate surface area is 123 Å². The third-order valence-corrected chi connectivity index (χ3v) is 2.80. The summed E-state index contributed by atoms with van der Waals surface area (Å²) < 4.78 is 5.68. The first-order chi connectivity index (χ1) is 9.86. The largest absolute Gasteiger partial charge is 0.492 e. The number of benzene rings is 2. The van der Waals surface area contributed by atoms with Gasteiger partial charge < -0.3 is 4.74 Å². The van der Waals surface area contributed by atoms with Crippen molar-refractivity contribution in [3.05, 3.63) is 54.1 Å². The van der Waals surface area contributed by atoms with Crippen LogP contribution in [0.2, 0.25) is 0 Å². The summed E-state index contributed by atoms with van der Waals surface area (Å²) in [5.74, 6) is 1.07. The molecule has 0 saturated heterocycles. The van der Waals surface area contributed by atoms with Gasteiger partial charge in [0, 0.05) is 12.0 Å². The van der Waals surface area contributed by atoms with E-state index in [9.17, 15) is 0 Å². The Morgan fingerprint density at radius 1 is 0.900 bits per heavy atom. The Morgan fingerprint density at radius 3 is 2.20 bits per heavy atom. The topological polar surface area (TPSA) is 9.23 Å². The predicted molar refractivity (Wildman–Crippen MR) is 88.4 cm³/mol. The summed E-state index contributed by atoms with van der Waals surface area (Å²) in [6.07, 6.45) is 2.29. The summed E-state index contributed by atoms with van der Waals surface area (Å²) in [6.45, 7) is 9.07. The molecule has 0 spiro atoms. The Balaban J connectivity index is 0.000000357.